The second-order valence-corrected chi connectivity index (χ2v) is 6.36. The summed E-state index contributed by atoms with van der Waals surface area (Å²) < 4.78 is 0. The molecule has 0 unspecified atom stereocenters. The van der Waals surface area contributed by atoms with Crippen LogP contribution in [0.1, 0.15) is 37.5 Å². The van der Waals surface area contributed by atoms with Gasteiger partial charge in [-0.15, -0.1) is 0 Å². The summed E-state index contributed by atoms with van der Waals surface area (Å²) in [6.07, 6.45) is 0. The van der Waals surface area contributed by atoms with Crippen LogP contribution in [0.3, 0.4) is 0 Å². The lowest BCUT2D eigenvalue weighted by molar-refractivity contribution is 0.590. The predicted octanol–water partition coefficient (Wildman–Crippen LogP) is 4.33. The second kappa shape index (κ2) is 4.48. The molecule has 2 heteroatoms. The highest BCUT2D eigenvalue weighted by molar-refractivity contribution is 6.12. The molecule has 0 spiro atoms. The second-order valence-electron chi connectivity index (χ2n) is 6.36. The Balaban J connectivity index is 2.07. The summed E-state index contributed by atoms with van der Waals surface area (Å²) in [5.41, 5.74) is 4.81. The number of para-hydroxylation sites is 1. The van der Waals surface area contributed by atoms with Crippen molar-refractivity contribution >= 4 is 11.5 Å². The standard InChI is InChI=1S/C18H20N2/c1-18(2,3)15-10-6-7-11-16(15)20-12-13-8-4-5-9-14(13)17(20)19/h4-11,19H,12H2,1-3H3. The first-order chi connectivity index (χ1) is 9.48. The third-order valence-electron chi connectivity index (χ3n) is 3.87. The molecule has 2 aromatic carbocycles. The van der Waals surface area contributed by atoms with Gasteiger partial charge in [0.05, 0.1) is 6.54 Å². The summed E-state index contributed by atoms with van der Waals surface area (Å²) in [7, 11) is 0. The Morgan fingerprint density at radius 1 is 0.950 bits per heavy atom. The summed E-state index contributed by atoms with van der Waals surface area (Å²) in [6.45, 7) is 7.46. The van der Waals surface area contributed by atoms with Crippen molar-refractivity contribution in [2.24, 2.45) is 0 Å². The van der Waals surface area contributed by atoms with E-state index in [-0.39, 0.29) is 5.41 Å². The van der Waals surface area contributed by atoms with Crippen LogP contribution in [0.2, 0.25) is 0 Å². The van der Waals surface area contributed by atoms with E-state index in [4.69, 9.17) is 5.41 Å². The van der Waals surface area contributed by atoms with Gasteiger partial charge in [0.25, 0.3) is 0 Å². The summed E-state index contributed by atoms with van der Waals surface area (Å²) >= 11 is 0. The number of hydrogen-bond donors (Lipinski definition) is 1. The molecular formula is C18H20N2. The molecule has 20 heavy (non-hydrogen) atoms. The highest BCUT2D eigenvalue weighted by Crippen LogP contribution is 2.36. The Morgan fingerprint density at radius 3 is 2.30 bits per heavy atom. The SMILES string of the molecule is CC(C)(C)c1ccccc1N1Cc2ccccc2C1=N. The Bertz CT molecular complexity index is 665. The minimum absolute atomic E-state index is 0.0750. The number of fused-ring (bicyclic) bond motifs is 1. The van der Waals surface area contributed by atoms with Crippen LogP contribution in [0.25, 0.3) is 0 Å². The molecule has 3 rings (SSSR count). The molecule has 1 aliphatic heterocycles. The lowest BCUT2D eigenvalue weighted by atomic mass is 9.85. The topological polar surface area (TPSA) is 27.1 Å². The van der Waals surface area contributed by atoms with Crippen LogP contribution in [0.5, 0.6) is 0 Å². The zero-order valence-corrected chi connectivity index (χ0v) is 12.3. The first-order valence-corrected chi connectivity index (χ1v) is 7.02. The van der Waals surface area contributed by atoms with E-state index in [2.05, 4.69) is 56.0 Å². The number of nitrogens with zero attached hydrogens (tertiary/aromatic N) is 1. The van der Waals surface area contributed by atoms with E-state index < -0.39 is 0 Å². The van der Waals surface area contributed by atoms with Crippen molar-refractivity contribution in [3.8, 4) is 0 Å². The van der Waals surface area contributed by atoms with Crippen LogP contribution >= 0.6 is 0 Å². The van der Waals surface area contributed by atoms with Crippen LogP contribution in [0, 0.1) is 5.41 Å². The first kappa shape index (κ1) is 12.9. The zero-order valence-electron chi connectivity index (χ0n) is 12.3. The highest BCUT2D eigenvalue weighted by Gasteiger charge is 2.28. The minimum atomic E-state index is 0.0750. The van der Waals surface area contributed by atoms with Gasteiger partial charge in [-0.3, -0.25) is 5.41 Å². The maximum absolute atomic E-state index is 8.45. The summed E-state index contributed by atoms with van der Waals surface area (Å²) in [6, 6.07) is 16.6. The summed E-state index contributed by atoms with van der Waals surface area (Å²) in [5.74, 6) is 0.609. The van der Waals surface area contributed by atoms with Crippen molar-refractivity contribution in [3.05, 3.63) is 65.2 Å². The van der Waals surface area contributed by atoms with Gasteiger partial charge in [-0.2, -0.15) is 0 Å². The van der Waals surface area contributed by atoms with Gasteiger partial charge in [0.15, 0.2) is 0 Å². The third kappa shape index (κ3) is 2.01. The van der Waals surface area contributed by atoms with Crippen molar-refractivity contribution in [2.45, 2.75) is 32.7 Å². The van der Waals surface area contributed by atoms with Crippen molar-refractivity contribution < 1.29 is 0 Å². The van der Waals surface area contributed by atoms with E-state index in [1.807, 2.05) is 18.2 Å². The Kier molecular flexibility index (Phi) is 2.89. The molecule has 102 valence electrons. The van der Waals surface area contributed by atoms with E-state index in [1.54, 1.807) is 0 Å². The molecule has 1 aliphatic rings. The number of benzene rings is 2. The average Bonchev–Trinajstić information content (AvgIpc) is 2.76. The van der Waals surface area contributed by atoms with Gasteiger partial charge >= 0.3 is 0 Å². The van der Waals surface area contributed by atoms with E-state index in [0.717, 1.165) is 17.8 Å². The quantitative estimate of drug-likeness (QED) is 0.815. The van der Waals surface area contributed by atoms with E-state index >= 15 is 0 Å². The molecule has 0 fully saturated rings. The molecule has 0 radical (unpaired) electrons. The van der Waals surface area contributed by atoms with Gasteiger partial charge in [-0.05, 0) is 22.6 Å². The summed E-state index contributed by atoms with van der Waals surface area (Å²) in [4.78, 5) is 2.12. The normalized spacial score (nSPS) is 14.6. The zero-order chi connectivity index (χ0) is 14.3. The molecule has 1 heterocycles. The van der Waals surface area contributed by atoms with Crippen molar-refractivity contribution in [3.63, 3.8) is 0 Å². The molecule has 0 atom stereocenters. The van der Waals surface area contributed by atoms with Crippen LogP contribution < -0.4 is 4.90 Å². The number of nitrogens with one attached hydrogen (secondary N) is 1. The lowest BCUT2D eigenvalue weighted by Crippen LogP contribution is -2.27. The molecule has 2 aromatic rings. The fourth-order valence-corrected chi connectivity index (χ4v) is 2.83. The fraction of sp³-hybridized carbons (Fsp3) is 0.278. The van der Waals surface area contributed by atoms with Crippen LogP contribution in [0.4, 0.5) is 5.69 Å². The largest absolute Gasteiger partial charge is 0.322 e. The summed E-state index contributed by atoms with van der Waals surface area (Å²) in [5, 5.41) is 8.45. The van der Waals surface area contributed by atoms with Crippen LogP contribution in [-0.4, -0.2) is 5.84 Å². The molecule has 0 saturated heterocycles. The van der Waals surface area contributed by atoms with Gasteiger partial charge in [0.1, 0.15) is 5.84 Å². The Hall–Kier alpha value is -2.09. The van der Waals surface area contributed by atoms with E-state index in [9.17, 15) is 0 Å². The van der Waals surface area contributed by atoms with Gasteiger partial charge in [0.2, 0.25) is 0 Å². The lowest BCUT2D eigenvalue weighted by Gasteiger charge is -2.28. The number of rotatable bonds is 1. The van der Waals surface area contributed by atoms with E-state index in [0.29, 0.717) is 5.84 Å². The van der Waals surface area contributed by atoms with E-state index in [1.165, 1.54) is 11.1 Å². The molecule has 0 bridgehead atoms. The van der Waals surface area contributed by atoms with Gasteiger partial charge in [0, 0.05) is 11.3 Å². The van der Waals surface area contributed by atoms with Gasteiger partial charge < -0.3 is 4.90 Å². The molecule has 0 aliphatic carbocycles. The molecule has 1 N–H and O–H groups in total. The monoisotopic (exact) mass is 264 g/mol. The molecular weight excluding hydrogens is 244 g/mol. The first-order valence-electron chi connectivity index (χ1n) is 7.02. The molecule has 2 nitrogen and oxygen atoms in total. The molecule has 0 saturated carbocycles. The Morgan fingerprint density at radius 2 is 1.60 bits per heavy atom. The van der Waals surface area contributed by atoms with Crippen LogP contribution in [0.15, 0.2) is 48.5 Å². The maximum Gasteiger partial charge on any atom is 0.133 e. The smallest absolute Gasteiger partial charge is 0.133 e. The van der Waals surface area contributed by atoms with Gasteiger partial charge in [-0.25, -0.2) is 0 Å². The average molecular weight is 264 g/mol. The number of hydrogen-bond acceptors (Lipinski definition) is 1. The minimum Gasteiger partial charge on any atom is -0.322 e. The van der Waals surface area contributed by atoms with Crippen molar-refractivity contribution in [2.75, 3.05) is 4.90 Å². The Labute approximate surface area is 120 Å². The predicted molar refractivity (Wildman–Crippen MR) is 84.6 cm³/mol. The number of amidine groups is 1. The molecule has 0 aromatic heterocycles. The molecule has 0 amide bonds. The highest BCUT2D eigenvalue weighted by atomic mass is 15.2. The van der Waals surface area contributed by atoms with Crippen LogP contribution in [-0.2, 0) is 12.0 Å². The fourth-order valence-electron chi connectivity index (χ4n) is 2.83. The number of anilines is 1. The van der Waals surface area contributed by atoms with Crippen molar-refractivity contribution in [1.82, 2.24) is 0 Å². The third-order valence-corrected chi connectivity index (χ3v) is 3.87. The van der Waals surface area contributed by atoms with Crippen molar-refractivity contribution in [1.29, 1.82) is 5.41 Å². The maximum atomic E-state index is 8.45. The van der Waals surface area contributed by atoms with Gasteiger partial charge in [-0.1, -0.05) is 63.2 Å².